The van der Waals surface area contributed by atoms with Crippen LogP contribution in [0, 0.1) is 0 Å². The maximum absolute atomic E-state index is 8.85. The zero-order valence-corrected chi connectivity index (χ0v) is 13.1. The Hall–Kier alpha value is -1.30. The molecule has 0 saturated carbocycles. The summed E-state index contributed by atoms with van der Waals surface area (Å²) in [5.41, 5.74) is 1.08. The molecule has 0 radical (unpaired) electrons. The van der Waals surface area contributed by atoms with Gasteiger partial charge in [-0.15, -0.1) is 0 Å². The van der Waals surface area contributed by atoms with Crippen LogP contribution in [0.2, 0.25) is 0 Å². The first-order chi connectivity index (χ1) is 10.3. The third-order valence-electron chi connectivity index (χ3n) is 2.87. The average Bonchev–Trinajstić information content (AvgIpc) is 2.51. The van der Waals surface area contributed by atoms with Gasteiger partial charge in [0.15, 0.2) is 0 Å². The SMILES string of the molecule is CCCOc1ccc(CNCCOC)c(OCCCO)c1. The fourth-order valence-corrected chi connectivity index (χ4v) is 1.77. The molecule has 5 heteroatoms. The van der Waals surface area contributed by atoms with Crippen molar-refractivity contribution in [2.75, 3.05) is 40.1 Å². The molecule has 0 atom stereocenters. The largest absolute Gasteiger partial charge is 0.493 e. The van der Waals surface area contributed by atoms with Crippen molar-refractivity contribution in [1.82, 2.24) is 5.32 Å². The highest BCUT2D eigenvalue weighted by Gasteiger charge is 2.06. The number of aliphatic hydroxyl groups is 1. The standard InChI is InChI=1S/C16H27NO4/c1-3-9-20-15-6-5-14(13-17-7-11-19-2)16(12-15)21-10-4-8-18/h5-6,12,17-18H,3-4,7-11,13H2,1-2H3. The Kier molecular flexibility index (Phi) is 9.61. The quantitative estimate of drug-likeness (QED) is 0.578. The van der Waals surface area contributed by atoms with Gasteiger partial charge in [-0.1, -0.05) is 13.0 Å². The van der Waals surface area contributed by atoms with E-state index in [2.05, 4.69) is 12.2 Å². The number of hydrogen-bond acceptors (Lipinski definition) is 5. The van der Waals surface area contributed by atoms with Gasteiger partial charge in [0.2, 0.25) is 0 Å². The summed E-state index contributed by atoms with van der Waals surface area (Å²) in [5.74, 6) is 1.62. The minimum absolute atomic E-state index is 0.132. The molecule has 0 unspecified atom stereocenters. The van der Waals surface area contributed by atoms with E-state index in [4.69, 9.17) is 19.3 Å². The second-order valence-corrected chi connectivity index (χ2v) is 4.71. The number of hydrogen-bond donors (Lipinski definition) is 2. The van der Waals surface area contributed by atoms with Crippen LogP contribution in [-0.4, -0.2) is 45.2 Å². The summed E-state index contributed by atoms with van der Waals surface area (Å²) in [6.45, 7) is 5.59. The van der Waals surface area contributed by atoms with Crippen molar-refractivity contribution in [1.29, 1.82) is 0 Å². The molecule has 0 heterocycles. The summed E-state index contributed by atoms with van der Waals surface area (Å²) < 4.78 is 16.4. The minimum atomic E-state index is 0.132. The molecule has 1 aromatic rings. The van der Waals surface area contributed by atoms with E-state index in [-0.39, 0.29) is 6.61 Å². The molecule has 0 spiro atoms. The smallest absolute Gasteiger partial charge is 0.127 e. The number of ether oxygens (including phenoxy) is 3. The van der Waals surface area contributed by atoms with Crippen LogP contribution >= 0.6 is 0 Å². The molecule has 1 aromatic carbocycles. The predicted octanol–water partition coefficient (Wildman–Crippen LogP) is 1.97. The molecular weight excluding hydrogens is 270 g/mol. The van der Waals surface area contributed by atoms with Crippen LogP contribution in [0.4, 0.5) is 0 Å². The van der Waals surface area contributed by atoms with Gasteiger partial charge in [-0.3, -0.25) is 0 Å². The van der Waals surface area contributed by atoms with E-state index in [1.54, 1.807) is 7.11 Å². The van der Waals surface area contributed by atoms with Gasteiger partial charge in [0.1, 0.15) is 11.5 Å². The van der Waals surface area contributed by atoms with Crippen LogP contribution in [0.1, 0.15) is 25.3 Å². The number of rotatable bonds is 12. The highest BCUT2D eigenvalue weighted by Crippen LogP contribution is 2.25. The summed E-state index contributed by atoms with van der Waals surface area (Å²) in [7, 11) is 1.69. The Morgan fingerprint density at radius 1 is 1.14 bits per heavy atom. The molecule has 1 rings (SSSR count). The van der Waals surface area contributed by atoms with E-state index in [0.717, 1.165) is 30.0 Å². The molecule has 0 fully saturated rings. The van der Waals surface area contributed by atoms with Crippen molar-refractivity contribution in [2.24, 2.45) is 0 Å². The first kappa shape index (κ1) is 17.8. The van der Waals surface area contributed by atoms with Crippen molar-refractivity contribution in [3.8, 4) is 11.5 Å². The lowest BCUT2D eigenvalue weighted by Gasteiger charge is -2.14. The molecule has 0 saturated heterocycles. The number of nitrogens with one attached hydrogen (secondary N) is 1. The van der Waals surface area contributed by atoms with E-state index in [1.807, 2.05) is 18.2 Å². The molecular formula is C16H27NO4. The Bertz CT molecular complexity index is 385. The lowest BCUT2D eigenvalue weighted by atomic mass is 10.2. The van der Waals surface area contributed by atoms with Crippen LogP contribution in [-0.2, 0) is 11.3 Å². The second kappa shape index (κ2) is 11.4. The van der Waals surface area contributed by atoms with Gasteiger partial charge in [-0.2, -0.15) is 0 Å². The monoisotopic (exact) mass is 297 g/mol. The molecule has 2 N–H and O–H groups in total. The zero-order chi connectivity index (χ0) is 15.3. The topological polar surface area (TPSA) is 60.0 Å². The van der Waals surface area contributed by atoms with E-state index in [9.17, 15) is 0 Å². The first-order valence-electron chi connectivity index (χ1n) is 7.50. The zero-order valence-electron chi connectivity index (χ0n) is 13.1. The molecule has 5 nitrogen and oxygen atoms in total. The van der Waals surface area contributed by atoms with Crippen LogP contribution in [0.15, 0.2) is 18.2 Å². The van der Waals surface area contributed by atoms with Crippen molar-refractivity contribution < 1.29 is 19.3 Å². The van der Waals surface area contributed by atoms with Crippen LogP contribution in [0.25, 0.3) is 0 Å². The fraction of sp³-hybridized carbons (Fsp3) is 0.625. The van der Waals surface area contributed by atoms with Crippen molar-refractivity contribution in [3.63, 3.8) is 0 Å². The minimum Gasteiger partial charge on any atom is -0.493 e. The van der Waals surface area contributed by atoms with Gasteiger partial charge in [0.05, 0.1) is 19.8 Å². The highest BCUT2D eigenvalue weighted by atomic mass is 16.5. The normalized spacial score (nSPS) is 10.6. The fourth-order valence-electron chi connectivity index (χ4n) is 1.77. The molecule has 0 aliphatic carbocycles. The van der Waals surface area contributed by atoms with Crippen molar-refractivity contribution >= 4 is 0 Å². The summed E-state index contributed by atoms with van der Waals surface area (Å²) in [4.78, 5) is 0. The van der Waals surface area contributed by atoms with E-state index in [1.165, 1.54) is 0 Å². The van der Waals surface area contributed by atoms with Gasteiger partial charge in [-0.05, 0) is 12.5 Å². The Morgan fingerprint density at radius 3 is 2.71 bits per heavy atom. The van der Waals surface area contributed by atoms with Crippen LogP contribution in [0.5, 0.6) is 11.5 Å². The van der Waals surface area contributed by atoms with Crippen molar-refractivity contribution in [2.45, 2.75) is 26.3 Å². The molecule has 0 amide bonds. The molecule has 0 aliphatic rings. The van der Waals surface area contributed by atoms with Gasteiger partial charge in [0, 0.05) is 44.9 Å². The van der Waals surface area contributed by atoms with Crippen LogP contribution in [0.3, 0.4) is 0 Å². The third-order valence-corrected chi connectivity index (χ3v) is 2.87. The molecule has 0 bridgehead atoms. The maximum atomic E-state index is 8.85. The Labute approximate surface area is 127 Å². The van der Waals surface area contributed by atoms with Crippen molar-refractivity contribution in [3.05, 3.63) is 23.8 Å². The summed E-state index contributed by atoms with van der Waals surface area (Å²) in [5, 5.41) is 12.2. The van der Waals surface area contributed by atoms with Gasteiger partial charge >= 0.3 is 0 Å². The second-order valence-electron chi connectivity index (χ2n) is 4.71. The van der Waals surface area contributed by atoms with Gasteiger partial charge in [-0.25, -0.2) is 0 Å². The number of aliphatic hydroxyl groups excluding tert-OH is 1. The summed E-state index contributed by atoms with van der Waals surface area (Å²) >= 11 is 0. The summed E-state index contributed by atoms with van der Waals surface area (Å²) in [6.07, 6.45) is 1.59. The number of methoxy groups -OCH3 is 1. The van der Waals surface area contributed by atoms with Gasteiger partial charge in [0.25, 0.3) is 0 Å². The lowest BCUT2D eigenvalue weighted by Crippen LogP contribution is -2.19. The van der Waals surface area contributed by atoms with E-state index >= 15 is 0 Å². The Balaban J connectivity index is 2.64. The average molecular weight is 297 g/mol. The summed E-state index contributed by atoms with van der Waals surface area (Å²) in [6, 6.07) is 5.89. The molecule has 120 valence electrons. The van der Waals surface area contributed by atoms with E-state index < -0.39 is 0 Å². The molecule has 21 heavy (non-hydrogen) atoms. The van der Waals surface area contributed by atoms with Crippen LogP contribution < -0.4 is 14.8 Å². The van der Waals surface area contributed by atoms with Gasteiger partial charge < -0.3 is 24.6 Å². The Morgan fingerprint density at radius 2 is 2.00 bits per heavy atom. The number of benzene rings is 1. The third kappa shape index (κ3) is 7.32. The maximum Gasteiger partial charge on any atom is 0.127 e. The highest BCUT2D eigenvalue weighted by molar-refractivity contribution is 5.40. The lowest BCUT2D eigenvalue weighted by molar-refractivity contribution is 0.198. The first-order valence-corrected chi connectivity index (χ1v) is 7.50. The predicted molar refractivity (Wildman–Crippen MR) is 83.0 cm³/mol. The molecule has 0 aromatic heterocycles. The van der Waals surface area contributed by atoms with E-state index in [0.29, 0.717) is 32.8 Å². The molecule has 0 aliphatic heterocycles.